The van der Waals surface area contributed by atoms with Gasteiger partial charge >= 0.3 is 0 Å². The Hall–Kier alpha value is -5.14. The Balaban J connectivity index is 1.53. The molecule has 0 aliphatic heterocycles. The number of para-hydroxylation sites is 2. The second kappa shape index (κ2) is 7.69. The number of hydrogen-bond acceptors (Lipinski definition) is 6. The molecule has 0 atom stereocenters. The Bertz CT molecular complexity index is 2400. The summed E-state index contributed by atoms with van der Waals surface area (Å²) in [7, 11) is 0. The van der Waals surface area contributed by atoms with Gasteiger partial charge in [-0.2, -0.15) is 0 Å². The molecule has 0 aliphatic rings. The van der Waals surface area contributed by atoms with Crippen LogP contribution in [-0.4, -0.2) is 24.8 Å². The first-order valence-corrected chi connectivity index (χ1v) is 13.5. The molecule has 0 spiro atoms. The summed E-state index contributed by atoms with van der Waals surface area (Å²) >= 11 is 1.75. The molecule has 9 aromatic rings. The van der Waals surface area contributed by atoms with Gasteiger partial charge in [0.25, 0.3) is 0 Å². The largest absolute Gasteiger partial charge is 0.276 e. The molecule has 0 aliphatic carbocycles. The Morgan fingerprint density at radius 2 is 1.31 bits per heavy atom. The average molecular weight is 520 g/mol. The van der Waals surface area contributed by atoms with Crippen molar-refractivity contribution >= 4 is 75.3 Å². The second-order valence-corrected chi connectivity index (χ2v) is 10.6. The lowest BCUT2D eigenvalue weighted by atomic mass is 10.1. The van der Waals surface area contributed by atoms with E-state index in [-0.39, 0.29) is 0 Å². The zero-order valence-corrected chi connectivity index (χ0v) is 21.2. The van der Waals surface area contributed by atoms with Crippen LogP contribution >= 0.6 is 11.3 Å². The van der Waals surface area contributed by atoms with Crippen molar-refractivity contribution in [2.24, 2.45) is 0 Å². The summed E-state index contributed by atoms with van der Waals surface area (Å²) in [4.78, 5) is 10.4. The molecule has 0 unspecified atom stereocenters. The summed E-state index contributed by atoms with van der Waals surface area (Å²) in [6.45, 7) is 0. The van der Waals surface area contributed by atoms with Crippen LogP contribution in [0.3, 0.4) is 0 Å². The molecular formula is C32H17N5OS. The topological polar surface area (TPSA) is 69.6 Å². The zero-order chi connectivity index (χ0) is 25.5. The minimum Gasteiger partial charge on any atom is -0.276 e. The predicted octanol–water partition coefficient (Wildman–Crippen LogP) is 8.30. The van der Waals surface area contributed by atoms with Crippen LogP contribution in [0.4, 0.5) is 0 Å². The molecule has 4 heterocycles. The first kappa shape index (κ1) is 20.9. The van der Waals surface area contributed by atoms with E-state index in [1.807, 2.05) is 30.3 Å². The first-order chi connectivity index (χ1) is 19.4. The van der Waals surface area contributed by atoms with Gasteiger partial charge in [0.05, 0.1) is 26.9 Å². The Morgan fingerprint density at radius 1 is 0.615 bits per heavy atom. The number of aromatic nitrogens is 5. The van der Waals surface area contributed by atoms with Crippen molar-refractivity contribution in [3.05, 3.63) is 103 Å². The summed E-state index contributed by atoms with van der Waals surface area (Å²) in [5.41, 5.74) is 6.40. The van der Waals surface area contributed by atoms with Crippen molar-refractivity contribution in [1.29, 1.82) is 0 Å². The SMILES string of the molecule is c1ccc(-c2nc(-n3c4ccccc4c4c5nonc5c5c6ccccc6sc5c43)nc3ccccc23)cc1. The van der Waals surface area contributed by atoms with Gasteiger partial charge in [0.15, 0.2) is 0 Å². The monoisotopic (exact) mass is 519 g/mol. The van der Waals surface area contributed by atoms with Gasteiger partial charge in [0.2, 0.25) is 5.95 Å². The summed E-state index contributed by atoms with van der Waals surface area (Å²) in [6, 6.07) is 35.3. The summed E-state index contributed by atoms with van der Waals surface area (Å²) < 4.78 is 9.85. The lowest BCUT2D eigenvalue weighted by molar-refractivity contribution is 0.316. The van der Waals surface area contributed by atoms with Crippen molar-refractivity contribution in [2.45, 2.75) is 0 Å². The molecular weight excluding hydrogens is 502 g/mol. The van der Waals surface area contributed by atoms with Crippen LogP contribution in [-0.2, 0) is 0 Å². The molecule has 0 saturated carbocycles. The van der Waals surface area contributed by atoms with E-state index < -0.39 is 0 Å². The standard InChI is InChI=1S/C32H17N5OS/c1-2-10-18(11-3-1)27-19-12-4-7-15-22(19)33-32(34-27)37-23-16-8-5-13-20(23)25-28-29(36-38-35-28)26-21-14-6-9-17-24(21)39-31(26)30(25)37/h1-17H. The summed E-state index contributed by atoms with van der Waals surface area (Å²) in [6.07, 6.45) is 0. The Kier molecular flexibility index (Phi) is 4.11. The molecule has 182 valence electrons. The first-order valence-electron chi connectivity index (χ1n) is 12.7. The lowest BCUT2D eigenvalue weighted by Crippen LogP contribution is -2.03. The van der Waals surface area contributed by atoms with E-state index in [0.29, 0.717) is 5.95 Å². The third-order valence-electron chi connectivity index (χ3n) is 7.49. The molecule has 0 N–H and O–H groups in total. The quantitative estimate of drug-likeness (QED) is 0.230. The van der Waals surface area contributed by atoms with Gasteiger partial charge in [-0.3, -0.25) is 4.57 Å². The minimum absolute atomic E-state index is 0.619. The summed E-state index contributed by atoms with van der Waals surface area (Å²) in [5, 5.41) is 14.1. The van der Waals surface area contributed by atoms with Crippen molar-refractivity contribution in [3.63, 3.8) is 0 Å². The second-order valence-electron chi connectivity index (χ2n) is 9.60. The van der Waals surface area contributed by atoms with E-state index in [2.05, 4.69) is 87.7 Å². The third-order valence-corrected chi connectivity index (χ3v) is 8.66. The zero-order valence-electron chi connectivity index (χ0n) is 20.4. The van der Waals surface area contributed by atoms with Gasteiger partial charge in [0.1, 0.15) is 11.0 Å². The molecule has 7 heteroatoms. The van der Waals surface area contributed by atoms with E-state index in [0.717, 1.165) is 70.5 Å². The maximum Gasteiger partial charge on any atom is 0.235 e. The molecule has 0 bridgehead atoms. The van der Waals surface area contributed by atoms with Crippen LogP contribution in [0.2, 0.25) is 0 Å². The number of hydrogen-bond donors (Lipinski definition) is 0. The highest BCUT2D eigenvalue weighted by Gasteiger charge is 2.25. The predicted molar refractivity (Wildman–Crippen MR) is 158 cm³/mol. The van der Waals surface area contributed by atoms with E-state index in [9.17, 15) is 0 Å². The fraction of sp³-hybridized carbons (Fsp3) is 0. The molecule has 0 fully saturated rings. The van der Waals surface area contributed by atoms with Gasteiger partial charge in [-0.15, -0.1) is 11.3 Å². The highest BCUT2D eigenvalue weighted by Crippen LogP contribution is 2.46. The van der Waals surface area contributed by atoms with E-state index in [4.69, 9.17) is 14.6 Å². The number of benzene rings is 5. The minimum atomic E-state index is 0.619. The number of rotatable bonds is 2. The normalized spacial score (nSPS) is 12.1. The van der Waals surface area contributed by atoms with Crippen LogP contribution in [0.1, 0.15) is 0 Å². The van der Waals surface area contributed by atoms with Gasteiger partial charge in [-0.25, -0.2) is 14.6 Å². The molecule has 0 radical (unpaired) electrons. The molecule has 4 aromatic heterocycles. The average Bonchev–Trinajstić information content (AvgIpc) is 3.70. The van der Waals surface area contributed by atoms with Gasteiger partial charge in [0, 0.05) is 37.2 Å². The number of thiophene rings is 1. The molecule has 9 rings (SSSR count). The van der Waals surface area contributed by atoms with Gasteiger partial charge in [-0.1, -0.05) is 84.9 Å². The summed E-state index contributed by atoms with van der Waals surface area (Å²) in [5.74, 6) is 0.619. The fourth-order valence-electron chi connectivity index (χ4n) is 5.85. The highest BCUT2D eigenvalue weighted by molar-refractivity contribution is 7.27. The van der Waals surface area contributed by atoms with Gasteiger partial charge < -0.3 is 0 Å². The van der Waals surface area contributed by atoms with E-state index in [1.165, 1.54) is 4.70 Å². The maximum atomic E-state index is 5.36. The molecule has 39 heavy (non-hydrogen) atoms. The van der Waals surface area contributed by atoms with Crippen molar-refractivity contribution in [1.82, 2.24) is 24.8 Å². The number of fused-ring (bicyclic) bond motifs is 11. The van der Waals surface area contributed by atoms with Crippen LogP contribution in [0, 0.1) is 0 Å². The highest BCUT2D eigenvalue weighted by atomic mass is 32.1. The van der Waals surface area contributed by atoms with Crippen LogP contribution in [0.25, 0.3) is 81.1 Å². The molecule has 0 saturated heterocycles. The van der Waals surface area contributed by atoms with E-state index in [1.54, 1.807) is 11.3 Å². The Labute approximate surface area is 224 Å². The van der Waals surface area contributed by atoms with Crippen molar-refractivity contribution < 1.29 is 4.63 Å². The molecule has 5 aromatic carbocycles. The van der Waals surface area contributed by atoms with Crippen LogP contribution in [0.15, 0.2) is 108 Å². The lowest BCUT2D eigenvalue weighted by Gasteiger charge is -2.12. The van der Waals surface area contributed by atoms with Crippen molar-refractivity contribution in [3.8, 4) is 17.2 Å². The molecule has 0 amide bonds. The smallest absolute Gasteiger partial charge is 0.235 e. The van der Waals surface area contributed by atoms with Crippen molar-refractivity contribution in [2.75, 3.05) is 0 Å². The maximum absolute atomic E-state index is 5.36. The third kappa shape index (κ3) is 2.79. The van der Waals surface area contributed by atoms with Crippen LogP contribution in [0.5, 0.6) is 0 Å². The fourth-order valence-corrected chi connectivity index (χ4v) is 7.09. The molecule has 6 nitrogen and oxygen atoms in total. The van der Waals surface area contributed by atoms with Gasteiger partial charge in [-0.05, 0) is 28.5 Å². The Morgan fingerprint density at radius 3 is 2.18 bits per heavy atom. The van der Waals surface area contributed by atoms with E-state index >= 15 is 0 Å². The number of nitrogens with zero attached hydrogens (tertiary/aromatic N) is 5. The van der Waals surface area contributed by atoms with Crippen LogP contribution < -0.4 is 0 Å².